The van der Waals surface area contributed by atoms with E-state index in [1.807, 2.05) is 0 Å². The van der Waals surface area contributed by atoms with E-state index in [0.717, 1.165) is 22.9 Å². The maximum Gasteiger partial charge on any atom is 0.435 e. The molecule has 7 nitrogen and oxygen atoms in total. The third-order valence-corrected chi connectivity index (χ3v) is 7.36. The van der Waals surface area contributed by atoms with Gasteiger partial charge in [0.2, 0.25) is 5.91 Å². The number of nitrogens with zero attached hydrogens (tertiary/aromatic N) is 3. The Morgan fingerprint density at radius 1 is 1.09 bits per heavy atom. The molecule has 13 heteroatoms. The first kappa shape index (κ1) is 29.8. The number of hydrogen-bond donors (Lipinski definition) is 2. The Hall–Kier alpha value is -4.68. The van der Waals surface area contributed by atoms with Gasteiger partial charge in [-0.15, -0.1) is 0 Å². The number of halogens is 6. The van der Waals surface area contributed by atoms with Crippen molar-refractivity contribution in [1.29, 1.82) is 0 Å². The van der Waals surface area contributed by atoms with Gasteiger partial charge in [-0.25, -0.2) is 13.2 Å². The number of pyridine rings is 1. The van der Waals surface area contributed by atoms with Gasteiger partial charge in [-0.2, -0.15) is 18.3 Å². The zero-order chi connectivity index (χ0) is 31.1. The highest BCUT2D eigenvalue weighted by Crippen LogP contribution is 2.41. The van der Waals surface area contributed by atoms with E-state index < -0.39 is 53.7 Å². The molecule has 0 spiro atoms. The lowest BCUT2D eigenvalue weighted by molar-refractivity contribution is -0.142. The molecule has 0 fully saturated rings. The summed E-state index contributed by atoms with van der Waals surface area (Å²) >= 11 is 0. The summed E-state index contributed by atoms with van der Waals surface area (Å²) in [6.45, 7) is 1.20. The molecule has 4 aromatic rings. The van der Waals surface area contributed by atoms with Gasteiger partial charge in [-0.1, -0.05) is 19.1 Å². The van der Waals surface area contributed by atoms with E-state index in [4.69, 9.17) is 5.73 Å². The number of primary amides is 1. The summed E-state index contributed by atoms with van der Waals surface area (Å²) in [5, 5.41) is 6.45. The van der Waals surface area contributed by atoms with Crippen LogP contribution < -0.4 is 11.1 Å². The monoisotopic (exact) mass is 601 g/mol. The Morgan fingerprint density at radius 2 is 1.81 bits per heavy atom. The van der Waals surface area contributed by atoms with Gasteiger partial charge < -0.3 is 11.1 Å². The fourth-order valence-corrected chi connectivity index (χ4v) is 5.53. The lowest BCUT2D eigenvalue weighted by atomic mass is 9.94. The van der Waals surface area contributed by atoms with Crippen LogP contribution in [0.2, 0.25) is 0 Å². The van der Waals surface area contributed by atoms with Crippen molar-refractivity contribution in [3.05, 3.63) is 106 Å². The molecular formula is C30H25F6N5O2. The van der Waals surface area contributed by atoms with Gasteiger partial charge in [0, 0.05) is 29.1 Å². The van der Waals surface area contributed by atoms with E-state index in [-0.39, 0.29) is 41.1 Å². The van der Waals surface area contributed by atoms with Crippen LogP contribution in [0.1, 0.15) is 63.9 Å². The number of aromatic nitrogens is 3. The molecule has 5 rings (SSSR count). The number of carbonyl (C=O) groups excluding carboxylic acids is 2. The first-order valence-electron chi connectivity index (χ1n) is 13.3. The second-order valence-electron chi connectivity index (χ2n) is 10.4. The lowest BCUT2D eigenvalue weighted by Crippen LogP contribution is -2.34. The molecule has 2 aromatic carbocycles. The Morgan fingerprint density at radius 3 is 2.49 bits per heavy atom. The zero-order valence-corrected chi connectivity index (χ0v) is 22.7. The average molecular weight is 602 g/mol. The number of rotatable bonds is 8. The Kier molecular flexibility index (Phi) is 8.00. The Labute approximate surface area is 241 Å². The van der Waals surface area contributed by atoms with E-state index in [2.05, 4.69) is 15.4 Å². The zero-order valence-electron chi connectivity index (χ0n) is 22.7. The third kappa shape index (κ3) is 6.25. The first-order chi connectivity index (χ1) is 20.3. The second kappa shape index (κ2) is 11.5. The van der Waals surface area contributed by atoms with Crippen molar-refractivity contribution in [2.45, 2.75) is 50.9 Å². The number of fused-ring (bicyclic) bond motifs is 1. The van der Waals surface area contributed by atoms with Gasteiger partial charge in [0.05, 0.1) is 17.3 Å². The molecule has 2 heterocycles. The number of carbonyl (C=O) groups is 2. The lowest BCUT2D eigenvalue weighted by Gasteiger charge is -2.22. The summed E-state index contributed by atoms with van der Waals surface area (Å²) in [4.78, 5) is 29.5. The first-order valence-corrected chi connectivity index (χ1v) is 13.3. The molecule has 0 unspecified atom stereocenters. The van der Waals surface area contributed by atoms with Crippen LogP contribution in [0.25, 0.3) is 11.1 Å². The molecule has 1 aliphatic rings. The average Bonchev–Trinajstić information content (AvgIpc) is 3.48. The van der Waals surface area contributed by atoms with Gasteiger partial charge in [0.15, 0.2) is 5.69 Å². The highest BCUT2D eigenvalue weighted by atomic mass is 19.4. The standard InChI is InChI=1S/C30H25F6N5O2/c1-15-4-6-21-27(15)41(40-28(21)30(34,35)36)14-25(42)39-24(11-16-9-18(31)13-19(32)10-16)26-20(3-2-8-38-26)17-5-7-23(33)22(12-17)29(37)43/h2-3,5,7-10,12-13,15,24H,4,6,11,14H2,1H3,(H2,37,43)(H,39,42)/t15-,24-/m0/s1. The third-order valence-electron chi connectivity index (χ3n) is 7.36. The predicted octanol–water partition coefficient (Wildman–Crippen LogP) is 5.63. The van der Waals surface area contributed by atoms with Gasteiger partial charge in [-0.3, -0.25) is 19.3 Å². The number of benzene rings is 2. The Bertz CT molecular complexity index is 1700. The molecule has 1 aliphatic carbocycles. The molecule has 224 valence electrons. The molecule has 0 aliphatic heterocycles. The number of nitrogens with one attached hydrogen (secondary N) is 1. The van der Waals surface area contributed by atoms with Crippen LogP contribution in [0.3, 0.4) is 0 Å². The van der Waals surface area contributed by atoms with E-state index >= 15 is 0 Å². The largest absolute Gasteiger partial charge is 0.435 e. The maximum atomic E-state index is 14.2. The summed E-state index contributed by atoms with van der Waals surface area (Å²) in [7, 11) is 0. The van der Waals surface area contributed by atoms with Crippen molar-refractivity contribution in [2.24, 2.45) is 5.73 Å². The minimum absolute atomic E-state index is 0.0631. The summed E-state index contributed by atoms with van der Waals surface area (Å²) in [5.41, 5.74) is 5.29. The van der Waals surface area contributed by atoms with Crippen molar-refractivity contribution in [1.82, 2.24) is 20.1 Å². The van der Waals surface area contributed by atoms with E-state index in [9.17, 15) is 35.9 Å². The van der Waals surface area contributed by atoms with Crippen molar-refractivity contribution in [3.63, 3.8) is 0 Å². The fourth-order valence-electron chi connectivity index (χ4n) is 5.53. The smallest absolute Gasteiger partial charge is 0.366 e. The quantitative estimate of drug-likeness (QED) is 0.256. The molecule has 0 radical (unpaired) electrons. The summed E-state index contributed by atoms with van der Waals surface area (Å²) in [6, 6.07) is 8.54. The SMILES string of the molecule is C[C@H]1CCc2c(C(F)(F)F)nn(CC(=O)N[C@@H](Cc3cc(F)cc(F)c3)c3ncccc3-c3ccc(F)c(C(N)=O)c3)c21. The highest BCUT2D eigenvalue weighted by molar-refractivity contribution is 5.94. The molecular weight excluding hydrogens is 576 g/mol. The topological polar surface area (TPSA) is 103 Å². The van der Waals surface area contributed by atoms with Crippen LogP contribution in [0.4, 0.5) is 26.3 Å². The van der Waals surface area contributed by atoms with Crippen molar-refractivity contribution in [2.75, 3.05) is 0 Å². The normalized spacial score (nSPS) is 15.3. The van der Waals surface area contributed by atoms with Crippen molar-refractivity contribution < 1.29 is 35.9 Å². The number of hydrogen-bond acceptors (Lipinski definition) is 4. The molecule has 2 aromatic heterocycles. The molecule has 0 bridgehead atoms. The molecule has 43 heavy (non-hydrogen) atoms. The number of amides is 2. The van der Waals surface area contributed by atoms with Crippen LogP contribution in [-0.2, 0) is 30.4 Å². The van der Waals surface area contributed by atoms with Crippen LogP contribution in [0.5, 0.6) is 0 Å². The van der Waals surface area contributed by atoms with Gasteiger partial charge in [0.1, 0.15) is 24.0 Å². The van der Waals surface area contributed by atoms with Gasteiger partial charge >= 0.3 is 6.18 Å². The van der Waals surface area contributed by atoms with Crippen molar-refractivity contribution in [3.8, 4) is 11.1 Å². The van der Waals surface area contributed by atoms with Crippen LogP contribution in [0.15, 0.2) is 54.7 Å². The van der Waals surface area contributed by atoms with Gasteiger partial charge in [-0.05, 0) is 66.6 Å². The summed E-state index contributed by atoms with van der Waals surface area (Å²) < 4.78 is 84.4. The molecule has 0 saturated carbocycles. The Balaban J connectivity index is 1.53. The number of nitrogens with two attached hydrogens (primary N) is 1. The summed E-state index contributed by atoms with van der Waals surface area (Å²) in [6.07, 6.45) is -2.80. The fraction of sp³-hybridized carbons (Fsp3) is 0.267. The molecule has 2 amide bonds. The predicted molar refractivity (Wildman–Crippen MR) is 143 cm³/mol. The minimum Gasteiger partial charge on any atom is -0.366 e. The van der Waals surface area contributed by atoms with E-state index in [1.165, 1.54) is 18.3 Å². The van der Waals surface area contributed by atoms with E-state index in [1.54, 1.807) is 19.1 Å². The van der Waals surface area contributed by atoms with Gasteiger partial charge in [0.25, 0.3) is 5.91 Å². The molecule has 0 saturated heterocycles. The second-order valence-corrected chi connectivity index (χ2v) is 10.4. The van der Waals surface area contributed by atoms with Crippen molar-refractivity contribution >= 4 is 11.8 Å². The van der Waals surface area contributed by atoms with Crippen LogP contribution >= 0.6 is 0 Å². The van der Waals surface area contributed by atoms with Crippen LogP contribution in [-0.4, -0.2) is 26.6 Å². The summed E-state index contributed by atoms with van der Waals surface area (Å²) in [5.74, 6) is -4.55. The highest BCUT2D eigenvalue weighted by Gasteiger charge is 2.42. The van der Waals surface area contributed by atoms with Crippen LogP contribution in [0, 0.1) is 17.5 Å². The minimum atomic E-state index is -4.69. The molecule has 2 atom stereocenters. The van der Waals surface area contributed by atoms with E-state index in [0.29, 0.717) is 29.3 Å². The number of alkyl halides is 3. The maximum absolute atomic E-state index is 14.2. The molecule has 3 N–H and O–H groups in total.